The number of hydrogen-bond acceptors (Lipinski definition) is 4. The number of halogens is 2. The van der Waals surface area contributed by atoms with Crippen LogP contribution in [0, 0.1) is 11.3 Å². The van der Waals surface area contributed by atoms with Gasteiger partial charge in [0.25, 0.3) is 6.43 Å². The summed E-state index contributed by atoms with van der Waals surface area (Å²) in [5, 5.41) is 10.6. The number of anilines is 1. The van der Waals surface area contributed by atoms with Crippen molar-refractivity contribution >= 4 is 16.6 Å². The van der Waals surface area contributed by atoms with Crippen molar-refractivity contribution in [3.8, 4) is 17.5 Å². The lowest BCUT2D eigenvalue weighted by molar-refractivity contribution is 0.151. The Morgan fingerprint density at radius 3 is 2.55 bits per heavy atom. The van der Waals surface area contributed by atoms with Crippen molar-refractivity contribution in [3.05, 3.63) is 47.7 Å². The molecule has 0 unspecified atom stereocenters. The molecule has 1 saturated carbocycles. The number of hydrazine groups is 1. The number of hydrogen-bond donors (Lipinski definition) is 2. The molecule has 2 N–H and O–H groups in total. The molecule has 4 rings (SSSR count). The van der Waals surface area contributed by atoms with E-state index in [4.69, 9.17) is 0 Å². The first kappa shape index (κ1) is 19.3. The predicted octanol–water partition coefficient (Wildman–Crippen LogP) is 5.56. The number of nitrogens with zero attached hydrogens (tertiary/aromatic N) is 3. The lowest BCUT2D eigenvalue weighted by Crippen LogP contribution is -2.28. The molecule has 29 heavy (non-hydrogen) atoms. The number of aromatic nitrogens is 2. The summed E-state index contributed by atoms with van der Waals surface area (Å²) in [4.78, 5) is 4.57. The van der Waals surface area contributed by atoms with Crippen LogP contribution in [-0.2, 0) is 0 Å². The smallest absolute Gasteiger partial charge is 0.263 e. The van der Waals surface area contributed by atoms with Gasteiger partial charge >= 0.3 is 0 Å². The zero-order valence-corrected chi connectivity index (χ0v) is 16.4. The van der Waals surface area contributed by atoms with Crippen molar-refractivity contribution in [3.63, 3.8) is 0 Å². The second-order valence-electron chi connectivity index (χ2n) is 7.72. The largest absolute Gasteiger partial charge is 0.335 e. The van der Waals surface area contributed by atoms with E-state index in [0.29, 0.717) is 27.9 Å². The minimum atomic E-state index is -2.55. The van der Waals surface area contributed by atoms with Gasteiger partial charge in [-0.25, -0.2) is 14.2 Å². The Morgan fingerprint density at radius 2 is 2.00 bits per heavy atom. The molecule has 0 bridgehead atoms. The molecule has 2 aromatic heterocycles. The zero-order valence-electron chi connectivity index (χ0n) is 16.4. The normalized spacial score (nSPS) is 14.4. The van der Waals surface area contributed by atoms with Crippen LogP contribution in [-0.4, -0.2) is 15.6 Å². The van der Waals surface area contributed by atoms with E-state index in [-0.39, 0.29) is 17.6 Å². The highest BCUT2D eigenvalue weighted by molar-refractivity contribution is 5.94. The highest BCUT2D eigenvalue weighted by atomic mass is 19.3. The molecule has 0 spiro atoms. The third-order valence-electron chi connectivity index (χ3n) is 5.34. The summed E-state index contributed by atoms with van der Waals surface area (Å²) in [6.07, 6.45) is 2.20. The Kier molecular flexibility index (Phi) is 5.20. The zero-order chi connectivity index (χ0) is 20.5. The molecule has 150 valence electrons. The maximum absolute atomic E-state index is 13.3. The minimum Gasteiger partial charge on any atom is -0.335 e. The van der Waals surface area contributed by atoms with Gasteiger partial charge < -0.3 is 9.99 Å². The summed E-state index contributed by atoms with van der Waals surface area (Å²) in [6, 6.07) is 11.1. The highest BCUT2D eigenvalue weighted by Crippen LogP contribution is 2.42. The number of nitriles is 1. The predicted molar refractivity (Wildman–Crippen MR) is 110 cm³/mol. The van der Waals surface area contributed by atoms with Crippen LogP contribution in [0.25, 0.3) is 22.3 Å². The third-order valence-corrected chi connectivity index (χ3v) is 5.34. The van der Waals surface area contributed by atoms with E-state index in [9.17, 15) is 14.0 Å². The van der Waals surface area contributed by atoms with E-state index < -0.39 is 6.43 Å². The summed E-state index contributed by atoms with van der Waals surface area (Å²) in [5.41, 5.74) is 9.53. The van der Waals surface area contributed by atoms with Gasteiger partial charge in [0.1, 0.15) is 6.07 Å². The number of benzene rings is 1. The Bertz CT molecular complexity index is 1060. The van der Waals surface area contributed by atoms with Gasteiger partial charge in [-0.15, -0.1) is 0 Å². The average molecular weight is 395 g/mol. The highest BCUT2D eigenvalue weighted by Gasteiger charge is 2.28. The molecule has 3 aromatic rings. The Hall–Kier alpha value is -2.98. The van der Waals surface area contributed by atoms with Crippen molar-refractivity contribution in [1.29, 1.82) is 5.26 Å². The molecule has 1 aliphatic rings. The number of alkyl halides is 2. The second-order valence-corrected chi connectivity index (χ2v) is 7.72. The Balaban J connectivity index is 1.85. The van der Waals surface area contributed by atoms with Crippen molar-refractivity contribution in [1.82, 2.24) is 15.0 Å². The molecule has 0 saturated heterocycles. The van der Waals surface area contributed by atoms with Crippen LogP contribution in [0.15, 0.2) is 36.5 Å². The molecule has 2 heterocycles. The second kappa shape index (κ2) is 7.80. The van der Waals surface area contributed by atoms with Gasteiger partial charge in [0.2, 0.25) is 0 Å². The minimum absolute atomic E-state index is 0.0288. The first-order chi connectivity index (χ1) is 14.0. The maximum Gasteiger partial charge on any atom is 0.263 e. The standard InChI is InChI=1S/C22H23F2N5/c1-13(2)27-28-15-7-9-19(26-12-15)21-18(11-25)17-8-6-14(22(23)24)10-20(17)29(21)16-4-3-5-16/h6-10,12-13,16,22,27-28H,3-5H2,1-2H3. The molecule has 1 aromatic carbocycles. The van der Waals surface area contributed by atoms with E-state index in [2.05, 4.69) is 21.9 Å². The molecule has 0 atom stereocenters. The first-order valence-corrected chi connectivity index (χ1v) is 9.83. The fraction of sp³-hybridized carbons (Fsp3) is 0.364. The van der Waals surface area contributed by atoms with E-state index >= 15 is 0 Å². The van der Waals surface area contributed by atoms with Gasteiger partial charge in [-0.3, -0.25) is 4.98 Å². The van der Waals surface area contributed by atoms with Crippen LogP contribution in [0.4, 0.5) is 14.5 Å². The molecule has 1 aliphatic carbocycles. The van der Waals surface area contributed by atoms with E-state index in [1.807, 2.05) is 30.5 Å². The summed E-state index contributed by atoms with van der Waals surface area (Å²) >= 11 is 0. The van der Waals surface area contributed by atoms with Gasteiger partial charge in [-0.1, -0.05) is 12.1 Å². The van der Waals surface area contributed by atoms with Gasteiger partial charge in [0, 0.05) is 23.0 Å². The number of rotatable bonds is 6. The molecule has 5 nitrogen and oxygen atoms in total. The summed E-state index contributed by atoms with van der Waals surface area (Å²) < 4.78 is 28.7. The Labute approximate surface area is 168 Å². The van der Waals surface area contributed by atoms with E-state index in [0.717, 1.165) is 24.9 Å². The van der Waals surface area contributed by atoms with Crippen molar-refractivity contribution in [2.24, 2.45) is 0 Å². The average Bonchev–Trinajstić information content (AvgIpc) is 2.98. The van der Waals surface area contributed by atoms with Crippen LogP contribution in [0.3, 0.4) is 0 Å². The molecular weight excluding hydrogens is 372 g/mol. The molecule has 0 radical (unpaired) electrons. The fourth-order valence-electron chi connectivity index (χ4n) is 3.69. The van der Waals surface area contributed by atoms with Crippen LogP contribution >= 0.6 is 0 Å². The number of fused-ring (bicyclic) bond motifs is 1. The molecule has 0 aliphatic heterocycles. The first-order valence-electron chi connectivity index (χ1n) is 9.83. The fourth-order valence-corrected chi connectivity index (χ4v) is 3.69. The topological polar surface area (TPSA) is 65.7 Å². The lowest BCUT2D eigenvalue weighted by Gasteiger charge is -2.30. The van der Waals surface area contributed by atoms with Crippen LogP contribution in [0.2, 0.25) is 0 Å². The van der Waals surface area contributed by atoms with Gasteiger partial charge in [0.15, 0.2) is 0 Å². The molecule has 0 amide bonds. The maximum atomic E-state index is 13.3. The van der Waals surface area contributed by atoms with Crippen molar-refractivity contribution < 1.29 is 8.78 Å². The van der Waals surface area contributed by atoms with Crippen molar-refractivity contribution in [2.75, 3.05) is 5.43 Å². The number of pyridine rings is 1. The van der Waals surface area contributed by atoms with Gasteiger partial charge in [-0.05, 0) is 51.3 Å². The molecule has 1 fully saturated rings. The SMILES string of the molecule is CC(C)NNc1ccc(-c2c(C#N)c3ccc(C(F)F)cc3n2C2CCC2)nc1. The van der Waals surface area contributed by atoms with Crippen LogP contribution in [0.1, 0.15) is 56.7 Å². The van der Waals surface area contributed by atoms with E-state index in [1.54, 1.807) is 12.3 Å². The monoisotopic (exact) mass is 395 g/mol. The Morgan fingerprint density at radius 1 is 1.21 bits per heavy atom. The number of nitrogens with one attached hydrogen (secondary N) is 2. The summed E-state index contributed by atoms with van der Waals surface area (Å²) in [5.74, 6) is 0. The quantitative estimate of drug-likeness (QED) is 0.536. The van der Waals surface area contributed by atoms with Crippen LogP contribution < -0.4 is 10.9 Å². The summed E-state index contributed by atoms with van der Waals surface area (Å²) in [6.45, 7) is 4.05. The third kappa shape index (κ3) is 3.56. The lowest BCUT2D eigenvalue weighted by atomic mass is 9.92. The van der Waals surface area contributed by atoms with Gasteiger partial charge in [0.05, 0.1) is 34.4 Å². The molecule has 7 heteroatoms. The van der Waals surface area contributed by atoms with E-state index in [1.165, 1.54) is 12.1 Å². The van der Waals surface area contributed by atoms with Crippen LogP contribution in [0.5, 0.6) is 0 Å². The van der Waals surface area contributed by atoms with Gasteiger partial charge in [-0.2, -0.15) is 5.26 Å². The van der Waals surface area contributed by atoms with Crippen molar-refractivity contribution in [2.45, 2.75) is 51.6 Å². The molecular formula is C22H23F2N5. The summed E-state index contributed by atoms with van der Waals surface area (Å²) in [7, 11) is 0.